The summed E-state index contributed by atoms with van der Waals surface area (Å²) in [4.78, 5) is 5.09. The Labute approximate surface area is 93.2 Å². The first-order valence-electron chi connectivity index (χ1n) is 4.82. The Morgan fingerprint density at radius 1 is 1.33 bits per heavy atom. The van der Waals surface area contributed by atoms with E-state index in [0.29, 0.717) is 0 Å². The molecule has 0 amide bonds. The van der Waals surface area contributed by atoms with Crippen LogP contribution in [0.3, 0.4) is 0 Å². The zero-order chi connectivity index (χ0) is 10.8. The fraction of sp³-hybridized carbons (Fsp3) is 0.250. The Hall–Kier alpha value is -1.19. The molecule has 2 aromatic rings. The number of aliphatic hydroxyl groups excluding tert-OH is 1. The van der Waals surface area contributed by atoms with Crippen molar-refractivity contribution in [2.24, 2.45) is 0 Å². The number of rotatable bonds is 2. The predicted octanol–water partition coefficient (Wildman–Crippen LogP) is 2.84. The van der Waals surface area contributed by atoms with Crippen molar-refractivity contribution in [3.05, 3.63) is 51.5 Å². The topological polar surface area (TPSA) is 33.1 Å². The highest BCUT2D eigenvalue weighted by molar-refractivity contribution is 7.10. The molecule has 1 unspecified atom stereocenters. The lowest BCUT2D eigenvalue weighted by atomic mass is 10.1. The van der Waals surface area contributed by atoms with Gasteiger partial charge in [-0.25, -0.2) is 0 Å². The van der Waals surface area contributed by atoms with Crippen LogP contribution in [0.5, 0.6) is 0 Å². The van der Waals surface area contributed by atoms with Crippen LogP contribution in [0.15, 0.2) is 29.9 Å². The van der Waals surface area contributed by atoms with Crippen molar-refractivity contribution in [1.82, 2.24) is 4.98 Å². The molecule has 0 saturated heterocycles. The first-order valence-corrected chi connectivity index (χ1v) is 5.70. The maximum Gasteiger partial charge on any atom is 0.115 e. The lowest BCUT2D eigenvalue weighted by Crippen LogP contribution is -1.99. The van der Waals surface area contributed by atoms with Crippen molar-refractivity contribution < 1.29 is 5.11 Å². The average Bonchev–Trinajstić information content (AvgIpc) is 2.63. The minimum Gasteiger partial charge on any atom is -0.383 e. The standard InChI is InChI=1S/C12H13NOS/c1-8-5-10(7-13-6-8)11(14)12-9(2)3-4-15-12/h3-7,11,14H,1-2H3. The molecule has 15 heavy (non-hydrogen) atoms. The predicted molar refractivity (Wildman–Crippen MR) is 62.1 cm³/mol. The van der Waals surface area contributed by atoms with E-state index >= 15 is 0 Å². The van der Waals surface area contributed by atoms with Gasteiger partial charge in [-0.3, -0.25) is 4.98 Å². The van der Waals surface area contributed by atoms with Crippen LogP contribution in [0.4, 0.5) is 0 Å². The summed E-state index contributed by atoms with van der Waals surface area (Å²) in [5, 5.41) is 12.2. The van der Waals surface area contributed by atoms with Gasteiger partial charge in [-0.15, -0.1) is 11.3 Å². The van der Waals surface area contributed by atoms with Crippen LogP contribution in [0.1, 0.15) is 27.7 Å². The number of aromatic nitrogens is 1. The molecule has 2 heterocycles. The van der Waals surface area contributed by atoms with Crippen molar-refractivity contribution in [1.29, 1.82) is 0 Å². The summed E-state index contributed by atoms with van der Waals surface area (Å²) in [6.07, 6.45) is 2.96. The van der Waals surface area contributed by atoms with E-state index in [1.165, 1.54) is 0 Å². The van der Waals surface area contributed by atoms with Crippen molar-refractivity contribution >= 4 is 11.3 Å². The Bertz CT molecular complexity index is 464. The lowest BCUT2D eigenvalue weighted by Gasteiger charge is -2.10. The molecule has 0 aliphatic rings. The molecule has 0 aliphatic heterocycles. The summed E-state index contributed by atoms with van der Waals surface area (Å²) in [5.41, 5.74) is 3.07. The molecule has 0 fully saturated rings. The summed E-state index contributed by atoms with van der Waals surface area (Å²) in [6, 6.07) is 3.99. The summed E-state index contributed by atoms with van der Waals surface area (Å²) in [6.45, 7) is 3.99. The number of nitrogens with zero attached hydrogens (tertiary/aromatic N) is 1. The second-order valence-electron chi connectivity index (χ2n) is 3.67. The van der Waals surface area contributed by atoms with Crippen LogP contribution in [-0.4, -0.2) is 10.1 Å². The van der Waals surface area contributed by atoms with Crippen molar-refractivity contribution in [2.45, 2.75) is 20.0 Å². The molecule has 0 aromatic carbocycles. The molecule has 1 N–H and O–H groups in total. The summed E-state index contributed by atoms with van der Waals surface area (Å²) in [7, 11) is 0. The van der Waals surface area contributed by atoms with Gasteiger partial charge in [-0.2, -0.15) is 0 Å². The zero-order valence-corrected chi connectivity index (χ0v) is 9.58. The van der Waals surface area contributed by atoms with Crippen molar-refractivity contribution in [2.75, 3.05) is 0 Å². The Morgan fingerprint density at radius 3 is 2.73 bits per heavy atom. The second kappa shape index (κ2) is 4.13. The lowest BCUT2D eigenvalue weighted by molar-refractivity contribution is 0.223. The monoisotopic (exact) mass is 219 g/mol. The largest absolute Gasteiger partial charge is 0.383 e. The zero-order valence-electron chi connectivity index (χ0n) is 8.77. The van der Waals surface area contributed by atoms with Gasteiger partial charge in [0.2, 0.25) is 0 Å². The van der Waals surface area contributed by atoms with E-state index in [4.69, 9.17) is 0 Å². The molecule has 0 bridgehead atoms. The number of aryl methyl sites for hydroxylation is 2. The highest BCUT2D eigenvalue weighted by atomic mass is 32.1. The normalized spacial score (nSPS) is 12.7. The van der Waals surface area contributed by atoms with Gasteiger partial charge < -0.3 is 5.11 Å². The van der Waals surface area contributed by atoms with Crippen molar-refractivity contribution in [3.63, 3.8) is 0 Å². The van der Waals surface area contributed by atoms with Gasteiger partial charge in [0, 0.05) is 22.8 Å². The molecule has 1 atom stereocenters. The van der Waals surface area contributed by atoms with Crippen LogP contribution in [-0.2, 0) is 0 Å². The molecule has 0 aliphatic carbocycles. The minimum absolute atomic E-state index is 0.544. The van der Waals surface area contributed by atoms with Crippen LogP contribution >= 0.6 is 11.3 Å². The van der Waals surface area contributed by atoms with Crippen LogP contribution in [0.25, 0.3) is 0 Å². The Balaban J connectivity index is 2.36. The van der Waals surface area contributed by atoms with Gasteiger partial charge in [-0.05, 0) is 36.4 Å². The van der Waals surface area contributed by atoms with Gasteiger partial charge in [-0.1, -0.05) is 6.07 Å². The van der Waals surface area contributed by atoms with Gasteiger partial charge >= 0.3 is 0 Å². The third-order valence-corrected chi connectivity index (χ3v) is 3.43. The SMILES string of the molecule is Cc1cncc(C(O)c2sccc2C)c1. The number of aliphatic hydroxyl groups is 1. The molecule has 0 radical (unpaired) electrons. The van der Waals surface area contributed by atoms with E-state index < -0.39 is 6.10 Å². The first-order chi connectivity index (χ1) is 7.18. The Morgan fingerprint density at radius 2 is 2.13 bits per heavy atom. The minimum atomic E-state index is -0.544. The quantitative estimate of drug-likeness (QED) is 0.842. The highest BCUT2D eigenvalue weighted by Crippen LogP contribution is 2.28. The number of pyridine rings is 1. The molecular formula is C12H13NOS. The maximum absolute atomic E-state index is 10.2. The molecule has 78 valence electrons. The smallest absolute Gasteiger partial charge is 0.115 e. The average molecular weight is 219 g/mol. The molecule has 0 saturated carbocycles. The van der Waals surface area contributed by atoms with E-state index in [1.54, 1.807) is 23.7 Å². The molecule has 0 spiro atoms. The highest BCUT2D eigenvalue weighted by Gasteiger charge is 2.14. The van der Waals surface area contributed by atoms with Gasteiger partial charge in [0.15, 0.2) is 0 Å². The second-order valence-corrected chi connectivity index (χ2v) is 4.61. The van der Waals surface area contributed by atoms with E-state index in [9.17, 15) is 5.11 Å². The number of thiophene rings is 1. The van der Waals surface area contributed by atoms with Crippen LogP contribution < -0.4 is 0 Å². The molecule has 2 rings (SSSR count). The fourth-order valence-corrected chi connectivity index (χ4v) is 2.48. The summed E-state index contributed by atoms with van der Waals surface area (Å²) in [5.74, 6) is 0. The number of hydrogen-bond acceptors (Lipinski definition) is 3. The maximum atomic E-state index is 10.2. The van der Waals surface area contributed by atoms with E-state index in [-0.39, 0.29) is 0 Å². The van der Waals surface area contributed by atoms with E-state index in [1.807, 2.05) is 31.4 Å². The molecule has 3 heteroatoms. The van der Waals surface area contributed by atoms with E-state index in [2.05, 4.69) is 4.98 Å². The molecular weight excluding hydrogens is 206 g/mol. The van der Waals surface area contributed by atoms with Crippen LogP contribution in [0, 0.1) is 13.8 Å². The first kappa shape index (κ1) is 10.3. The Kier molecular flexibility index (Phi) is 2.84. The van der Waals surface area contributed by atoms with Crippen molar-refractivity contribution in [3.8, 4) is 0 Å². The van der Waals surface area contributed by atoms with Gasteiger partial charge in [0.25, 0.3) is 0 Å². The van der Waals surface area contributed by atoms with Crippen LogP contribution in [0.2, 0.25) is 0 Å². The summed E-state index contributed by atoms with van der Waals surface area (Å²) >= 11 is 1.58. The van der Waals surface area contributed by atoms with Gasteiger partial charge in [0.1, 0.15) is 6.10 Å². The third kappa shape index (κ3) is 2.08. The van der Waals surface area contributed by atoms with E-state index in [0.717, 1.165) is 21.6 Å². The molecule has 2 nitrogen and oxygen atoms in total. The third-order valence-electron chi connectivity index (χ3n) is 2.36. The number of hydrogen-bond donors (Lipinski definition) is 1. The summed E-state index contributed by atoms with van der Waals surface area (Å²) < 4.78 is 0. The molecule has 2 aromatic heterocycles. The van der Waals surface area contributed by atoms with Gasteiger partial charge in [0.05, 0.1) is 0 Å². The fourth-order valence-electron chi connectivity index (χ4n) is 1.54.